The minimum Gasteiger partial charge on any atom is -0.488 e. The van der Waals surface area contributed by atoms with Gasteiger partial charge >= 0.3 is 0 Å². The van der Waals surface area contributed by atoms with Gasteiger partial charge in [0.1, 0.15) is 0 Å². The molecule has 0 spiro atoms. The number of anilines is 1. The van der Waals surface area contributed by atoms with Crippen LogP contribution in [0.3, 0.4) is 0 Å². The fourth-order valence-corrected chi connectivity index (χ4v) is 0.932. The van der Waals surface area contributed by atoms with Crippen molar-refractivity contribution < 1.29 is 18.6 Å². The van der Waals surface area contributed by atoms with Gasteiger partial charge in [0.25, 0.3) is 0 Å². The monoisotopic (exact) mass is 203 g/mol. The van der Waals surface area contributed by atoms with E-state index in [9.17, 15) is 8.78 Å². The number of rotatable bonds is 4. The van der Waals surface area contributed by atoms with Crippen LogP contribution < -0.4 is 10.5 Å². The van der Waals surface area contributed by atoms with E-state index in [4.69, 9.17) is 15.6 Å². The van der Waals surface area contributed by atoms with Crippen molar-refractivity contribution in [2.24, 2.45) is 0 Å². The maximum absolute atomic E-state index is 13.0. The van der Waals surface area contributed by atoms with Crippen molar-refractivity contribution in [3.63, 3.8) is 0 Å². The van der Waals surface area contributed by atoms with Crippen LogP contribution in [0.25, 0.3) is 0 Å². The predicted molar refractivity (Wildman–Crippen MR) is 48.0 cm³/mol. The number of nitrogens with two attached hydrogens (primary N) is 1. The van der Waals surface area contributed by atoms with Crippen LogP contribution in [0, 0.1) is 11.6 Å². The van der Waals surface area contributed by atoms with E-state index in [0.717, 1.165) is 6.07 Å². The van der Waals surface area contributed by atoms with Crippen LogP contribution in [-0.2, 0) is 0 Å². The SMILES string of the molecule is Nc1ccc(F)c(F)c1OCCCO. The maximum atomic E-state index is 13.0. The summed E-state index contributed by atoms with van der Waals surface area (Å²) in [5.41, 5.74) is 5.42. The van der Waals surface area contributed by atoms with Crippen molar-refractivity contribution >= 4 is 5.69 Å². The standard InChI is InChI=1S/C9H11F2NO2/c10-6-2-3-7(12)9(8(6)11)14-5-1-4-13/h2-3,13H,1,4-5,12H2. The van der Waals surface area contributed by atoms with E-state index in [2.05, 4.69) is 0 Å². The second kappa shape index (κ2) is 4.76. The lowest BCUT2D eigenvalue weighted by molar-refractivity contribution is 0.228. The molecule has 1 aromatic carbocycles. The summed E-state index contributed by atoms with van der Waals surface area (Å²) < 4.78 is 30.6. The molecule has 1 aromatic rings. The lowest BCUT2D eigenvalue weighted by Crippen LogP contribution is -2.05. The summed E-state index contributed by atoms with van der Waals surface area (Å²) in [6.45, 7) is 0.0257. The zero-order valence-electron chi connectivity index (χ0n) is 7.46. The molecule has 0 aromatic heterocycles. The molecule has 0 saturated heterocycles. The molecule has 1 rings (SSSR count). The molecule has 0 heterocycles. The van der Waals surface area contributed by atoms with E-state index in [0.29, 0.717) is 6.42 Å². The van der Waals surface area contributed by atoms with Crippen molar-refractivity contribution in [2.75, 3.05) is 18.9 Å². The molecule has 0 bridgehead atoms. The largest absolute Gasteiger partial charge is 0.488 e. The Hall–Kier alpha value is -1.36. The summed E-state index contributed by atoms with van der Waals surface area (Å²) >= 11 is 0. The first kappa shape index (κ1) is 10.7. The van der Waals surface area contributed by atoms with Crippen LogP contribution >= 0.6 is 0 Å². The summed E-state index contributed by atoms with van der Waals surface area (Å²) in [6, 6.07) is 2.16. The second-order valence-corrected chi connectivity index (χ2v) is 2.71. The van der Waals surface area contributed by atoms with Gasteiger partial charge < -0.3 is 15.6 Å². The summed E-state index contributed by atoms with van der Waals surface area (Å²) in [5.74, 6) is -2.39. The zero-order chi connectivity index (χ0) is 10.6. The van der Waals surface area contributed by atoms with Gasteiger partial charge in [0.2, 0.25) is 5.82 Å². The Labute approximate surface area is 80.1 Å². The molecule has 14 heavy (non-hydrogen) atoms. The third kappa shape index (κ3) is 2.32. The number of halogens is 2. The average molecular weight is 203 g/mol. The van der Waals surface area contributed by atoms with Gasteiger partial charge in [0.15, 0.2) is 11.6 Å². The van der Waals surface area contributed by atoms with E-state index in [1.165, 1.54) is 6.07 Å². The van der Waals surface area contributed by atoms with Gasteiger partial charge in [0, 0.05) is 13.0 Å². The van der Waals surface area contributed by atoms with Gasteiger partial charge in [-0.1, -0.05) is 0 Å². The van der Waals surface area contributed by atoms with Crippen LogP contribution in [0.15, 0.2) is 12.1 Å². The first-order valence-electron chi connectivity index (χ1n) is 4.14. The summed E-state index contributed by atoms with van der Waals surface area (Å²) in [6.07, 6.45) is 0.343. The minimum absolute atomic E-state index is 0.0434. The fourth-order valence-electron chi connectivity index (χ4n) is 0.932. The molecule has 0 fully saturated rings. The van der Waals surface area contributed by atoms with Gasteiger partial charge in [-0.3, -0.25) is 0 Å². The van der Waals surface area contributed by atoms with Gasteiger partial charge in [0.05, 0.1) is 12.3 Å². The van der Waals surface area contributed by atoms with Gasteiger partial charge in [-0.25, -0.2) is 4.39 Å². The van der Waals surface area contributed by atoms with Crippen LogP contribution in [0.1, 0.15) is 6.42 Å². The molecule has 0 unspecified atom stereocenters. The van der Waals surface area contributed by atoms with E-state index in [1.54, 1.807) is 0 Å². The molecule has 0 radical (unpaired) electrons. The third-order valence-electron chi connectivity index (χ3n) is 1.63. The Balaban J connectivity index is 2.79. The van der Waals surface area contributed by atoms with Crippen LogP contribution in [0.2, 0.25) is 0 Å². The van der Waals surface area contributed by atoms with Crippen molar-refractivity contribution in [1.29, 1.82) is 0 Å². The molecule has 78 valence electrons. The topological polar surface area (TPSA) is 55.5 Å². The highest BCUT2D eigenvalue weighted by Crippen LogP contribution is 2.27. The van der Waals surface area contributed by atoms with Crippen molar-refractivity contribution in [1.82, 2.24) is 0 Å². The van der Waals surface area contributed by atoms with Crippen LogP contribution in [-0.4, -0.2) is 18.3 Å². The van der Waals surface area contributed by atoms with Gasteiger partial charge in [-0.05, 0) is 12.1 Å². The van der Waals surface area contributed by atoms with E-state index >= 15 is 0 Å². The summed E-state index contributed by atoms with van der Waals surface area (Å²) in [7, 11) is 0. The highest BCUT2D eigenvalue weighted by Gasteiger charge is 2.12. The van der Waals surface area contributed by atoms with Gasteiger partial charge in [-0.2, -0.15) is 4.39 Å². The highest BCUT2D eigenvalue weighted by atomic mass is 19.2. The number of ether oxygens (including phenoxy) is 1. The predicted octanol–water partition coefficient (Wildman–Crippen LogP) is 1.31. The smallest absolute Gasteiger partial charge is 0.202 e. The number of nitrogen functional groups attached to an aromatic ring is 1. The second-order valence-electron chi connectivity index (χ2n) is 2.71. The quantitative estimate of drug-likeness (QED) is 0.573. The lowest BCUT2D eigenvalue weighted by Gasteiger charge is -2.09. The molecule has 0 atom stereocenters. The van der Waals surface area contributed by atoms with E-state index < -0.39 is 11.6 Å². The normalized spacial score (nSPS) is 10.2. The molecule has 0 aliphatic heterocycles. The molecule has 5 heteroatoms. The Morgan fingerprint density at radius 2 is 2.07 bits per heavy atom. The summed E-state index contributed by atoms with van der Waals surface area (Å²) in [4.78, 5) is 0. The molecule has 0 aliphatic rings. The molecular formula is C9H11F2NO2. The number of hydrogen-bond acceptors (Lipinski definition) is 3. The average Bonchev–Trinajstić information content (AvgIpc) is 2.18. The number of hydrogen-bond donors (Lipinski definition) is 2. The van der Waals surface area contributed by atoms with Crippen molar-refractivity contribution in [2.45, 2.75) is 6.42 Å². The highest BCUT2D eigenvalue weighted by molar-refractivity contribution is 5.53. The molecule has 0 aliphatic carbocycles. The molecule has 3 N–H and O–H groups in total. The maximum Gasteiger partial charge on any atom is 0.202 e. The van der Waals surface area contributed by atoms with Crippen LogP contribution in [0.4, 0.5) is 14.5 Å². The Kier molecular flexibility index (Phi) is 3.64. The number of benzene rings is 1. The fraction of sp³-hybridized carbons (Fsp3) is 0.333. The van der Waals surface area contributed by atoms with Crippen molar-refractivity contribution in [3.05, 3.63) is 23.8 Å². The molecule has 0 amide bonds. The zero-order valence-corrected chi connectivity index (χ0v) is 7.46. The first-order valence-corrected chi connectivity index (χ1v) is 4.14. The first-order chi connectivity index (χ1) is 6.66. The molecule has 0 saturated carbocycles. The lowest BCUT2D eigenvalue weighted by atomic mass is 10.3. The Morgan fingerprint density at radius 3 is 2.71 bits per heavy atom. The number of aliphatic hydroxyl groups excluding tert-OH is 1. The Bertz CT molecular complexity index is 318. The number of aliphatic hydroxyl groups is 1. The van der Waals surface area contributed by atoms with Crippen molar-refractivity contribution in [3.8, 4) is 5.75 Å². The third-order valence-corrected chi connectivity index (χ3v) is 1.63. The molecule has 3 nitrogen and oxygen atoms in total. The van der Waals surface area contributed by atoms with E-state index in [-0.39, 0.29) is 24.7 Å². The summed E-state index contributed by atoms with van der Waals surface area (Å²) in [5, 5.41) is 8.46. The minimum atomic E-state index is -1.09. The van der Waals surface area contributed by atoms with Gasteiger partial charge in [-0.15, -0.1) is 0 Å². The Morgan fingerprint density at radius 1 is 1.36 bits per heavy atom. The molecular weight excluding hydrogens is 192 g/mol. The van der Waals surface area contributed by atoms with Crippen LogP contribution in [0.5, 0.6) is 5.75 Å². The van der Waals surface area contributed by atoms with E-state index in [1.807, 2.05) is 0 Å².